The van der Waals surface area contributed by atoms with Crippen LogP contribution in [0.25, 0.3) is 0 Å². The van der Waals surface area contributed by atoms with Gasteiger partial charge in [-0.15, -0.1) is 11.3 Å². The smallest absolute Gasteiger partial charge is 0.338 e. The zero-order valence-corrected chi connectivity index (χ0v) is 15.9. The molecule has 0 aliphatic carbocycles. The quantitative estimate of drug-likeness (QED) is 0.260. The third-order valence-electron chi connectivity index (χ3n) is 3.21. The third kappa shape index (κ3) is 5.35. The molecule has 1 fully saturated rings. The fourth-order valence-electron chi connectivity index (χ4n) is 1.76. The first-order valence-corrected chi connectivity index (χ1v) is 9.63. The molecule has 0 unspecified atom stereocenters. The maximum absolute atomic E-state index is 11.9. The first-order valence-electron chi connectivity index (χ1n) is 7.31. The molecule has 27 heavy (non-hydrogen) atoms. The maximum atomic E-state index is 11.9. The average Bonchev–Trinajstić information content (AvgIpc) is 2.99. The van der Waals surface area contributed by atoms with E-state index in [0.717, 1.165) is 10.5 Å². The number of hydrogen-bond donors (Lipinski definition) is 3. The van der Waals surface area contributed by atoms with Gasteiger partial charge in [0.15, 0.2) is 11.7 Å². The lowest BCUT2D eigenvalue weighted by Gasteiger charge is -2.36. The summed E-state index contributed by atoms with van der Waals surface area (Å²) < 4.78 is 25.6. The van der Waals surface area contributed by atoms with Crippen LogP contribution in [0.3, 0.4) is 0 Å². The molecule has 0 spiro atoms. The van der Waals surface area contributed by atoms with Crippen molar-refractivity contribution in [1.82, 2.24) is 24.2 Å². The van der Waals surface area contributed by atoms with Gasteiger partial charge in [-0.25, -0.2) is 14.5 Å². The lowest BCUT2D eigenvalue weighted by Crippen LogP contribution is -2.67. The number of carbonyl (C=O) groups is 3. The van der Waals surface area contributed by atoms with Gasteiger partial charge in [-0.3, -0.25) is 14.5 Å². The van der Waals surface area contributed by atoms with Crippen molar-refractivity contribution in [3.05, 3.63) is 11.1 Å². The van der Waals surface area contributed by atoms with E-state index in [2.05, 4.69) is 15.5 Å². The number of likely N-dealkylation sites (tertiary alicyclic amines) is 1. The Bertz CT molecular complexity index is 865. The summed E-state index contributed by atoms with van der Waals surface area (Å²) in [6, 6.07) is -2.06. The number of nitrogens with two attached hydrogens (primary N) is 1. The molecule has 148 valence electrons. The molecule has 2 rings (SSSR count). The van der Waals surface area contributed by atoms with Crippen LogP contribution < -0.4 is 15.8 Å². The molecule has 0 saturated carbocycles. The largest absolute Gasteiger partial charge is 0.389 e. The maximum Gasteiger partial charge on any atom is 0.338 e. The minimum Gasteiger partial charge on any atom is -0.389 e. The fourth-order valence-corrected chi connectivity index (χ4v) is 2.82. The minimum absolute atomic E-state index is 0.0220. The summed E-state index contributed by atoms with van der Waals surface area (Å²) in [7, 11) is -1.57. The van der Waals surface area contributed by atoms with Gasteiger partial charge in [-0.1, -0.05) is 5.16 Å². The van der Waals surface area contributed by atoms with Crippen molar-refractivity contribution in [3.63, 3.8) is 0 Å². The van der Waals surface area contributed by atoms with Crippen molar-refractivity contribution >= 4 is 50.7 Å². The van der Waals surface area contributed by atoms with Crippen LogP contribution in [0.4, 0.5) is 9.93 Å². The molecule has 0 aromatic carbocycles. The van der Waals surface area contributed by atoms with Gasteiger partial charge >= 0.3 is 16.2 Å². The summed E-state index contributed by atoms with van der Waals surface area (Å²) in [5.41, 5.74) is 6.01. The predicted molar refractivity (Wildman–Crippen MR) is 94.6 cm³/mol. The normalized spacial score (nSPS) is 17.1. The Hall–Kier alpha value is -2.78. The number of rotatable bonds is 7. The monoisotopic (exact) mass is 419 g/mol. The Kier molecular flexibility index (Phi) is 6.29. The Morgan fingerprint density at radius 1 is 1.56 bits per heavy atom. The van der Waals surface area contributed by atoms with Gasteiger partial charge in [0, 0.05) is 19.5 Å². The average molecular weight is 419 g/mol. The zero-order chi connectivity index (χ0) is 20.2. The van der Waals surface area contributed by atoms with E-state index in [1.54, 1.807) is 10.1 Å². The summed E-state index contributed by atoms with van der Waals surface area (Å²) in [6.07, 6.45) is 0.822. The lowest BCUT2D eigenvalue weighted by molar-refractivity contribution is -0.141. The second-order valence-electron chi connectivity index (χ2n) is 5.39. The first-order chi connectivity index (χ1) is 12.6. The number of imide groups is 1. The second-order valence-corrected chi connectivity index (χ2v) is 8.16. The number of thiazole rings is 1. The number of nitrogens with one attached hydrogen (secondary N) is 2. The van der Waals surface area contributed by atoms with Crippen LogP contribution >= 0.6 is 11.3 Å². The van der Waals surface area contributed by atoms with Crippen LogP contribution in [0.2, 0.25) is 0 Å². The molecule has 13 nitrogen and oxygen atoms in total. The van der Waals surface area contributed by atoms with Crippen LogP contribution in [0.5, 0.6) is 0 Å². The molecule has 4 N–H and O–H groups in total. The number of hydrogen-bond acceptors (Lipinski definition) is 10. The Morgan fingerprint density at radius 3 is 2.81 bits per heavy atom. The van der Waals surface area contributed by atoms with E-state index in [4.69, 9.17) is 10.6 Å². The van der Waals surface area contributed by atoms with E-state index in [1.807, 2.05) is 0 Å². The molecule has 1 atom stereocenters. The van der Waals surface area contributed by atoms with Crippen LogP contribution in [0.1, 0.15) is 5.69 Å². The summed E-state index contributed by atoms with van der Waals surface area (Å²) in [6.45, 7) is -0.152. The highest BCUT2D eigenvalue weighted by atomic mass is 32.2. The number of aromatic nitrogens is 1. The van der Waals surface area contributed by atoms with Crippen molar-refractivity contribution < 1.29 is 27.6 Å². The molecule has 0 radical (unpaired) electrons. The van der Waals surface area contributed by atoms with E-state index in [-0.39, 0.29) is 13.2 Å². The molecule has 0 bridgehead atoms. The number of nitrogen functional groups attached to an aromatic ring is 1. The minimum atomic E-state index is -4.02. The Labute approximate surface area is 158 Å². The second kappa shape index (κ2) is 8.28. The molecular weight excluding hydrogens is 402 g/mol. The van der Waals surface area contributed by atoms with Crippen LogP contribution in [0, 0.1) is 0 Å². The van der Waals surface area contributed by atoms with Crippen molar-refractivity contribution in [2.75, 3.05) is 26.4 Å². The van der Waals surface area contributed by atoms with Crippen LogP contribution in [-0.2, 0) is 31.2 Å². The summed E-state index contributed by atoms with van der Waals surface area (Å²) >= 11 is 1.24. The van der Waals surface area contributed by atoms with Crippen LogP contribution in [0.15, 0.2) is 10.5 Å². The number of amides is 4. The first kappa shape index (κ1) is 20.5. The zero-order valence-electron chi connectivity index (χ0n) is 14.3. The number of anilines is 1. The number of oxime groups is 1. The Morgan fingerprint density at radius 2 is 2.26 bits per heavy atom. The van der Waals surface area contributed by atoms with Gasteiger partial charge in [0.25, 0.3) is 11.8 Å². The predicted octanol–water partition coefficient (Wildman–Crippen LogP) is -1.93. The summed E-state index contributed by atoms with van der Waals surface area (Å²) in [4.78, 5) is 44.7. The van der Waals surface area contributed by atoms with Crippen molar-refractivity contribution in [2.24, 2.45) is 5.16 Å². The molecule has 1 aliphatic heterocycles. The number of carbonyl (C=O) groups excluding carboxylic acids is 3. The van der Waals surface area contributed by atoms with Gasteiger partial charge in [0.1, 0.15) is 12.3 Å². The van der Waals surface area contributed by atoms with E-state index >= 15 is 0 Å². The van der Waals surface area contributed by atoms with Crippen molar-refractivity contribution in [2.45, 2.75) is 12.6 Å². The standard InChI is InChI=1S/C12H17N7O6S2/c1-18(2)27(23,24)17-12(22)19-4-8(10(19)21)16-9(20)3-14-25-5-7-6-26-11(13)15-7/h3,6,8H,4-5H2,1-2H3,(H2,13,15)(H,16,20)(H,17,22)/t8-/m0/s1. The highest BCUT2D eigenvalue weighted by Crippen LogP contribution is 2.12. The van der Waals surface area contributed by atoms with Crippen LogP contribution in [-0.4, -0.2) is 73.3 Å². The highest BCUT2D eigenvalue weighted by molar-refractivity contribution is 7.87. The van der Waals surface area contributed by atoms with Gasteiger partial charge in [-0.2, -0.15) is 12.7 Å². The molecule has 1 aromatic heterocycles. The SMILES string of the molecule is CN(C)S(=O)(=O)NC(=O)N1C[C@H](NC(=O)C=NOCc2csc(N)n2)C1=O. The van der Waals surface area contributed by atoms with E-state index in [0.29, 0.717) is 15.7 Å². The molecular formula is C12H17N7O6S2. The van der Waals surface area contributed by atoms with Crippen molar-refractivity contribution in [1.29, 1.82) is 0 Å². The summed E-state index contributed by atoms with van der Waals surface area (Å²) in [5, 5.41) is 7.79. The molecule has 1 saturated heterocycles. The molecule has 4 amide bonds. The van der Waals surface area contributed by atoms with Gasteiger partial charge in [-0.05, 0) is 0 Å². The summed E-state index contributed by atoms with van der Waals surface area (Å²) in [5.74, 6) is -1.46. The van der Waals surface area contributed by atoms with Crippen molar-refractivity contribution in [3.8, 4) is 0 Å². The highest BCUT2D eigenvalue weighted by Gasteiger charge is 2.42. The van der Waals surface area contributed by atoms with Gasteiger partial charge in [0.2, 0.25) is 0 Å². The topological polar surface area (TPSA) is 176 Å². The number of β-lactam (4-membered cyclic amide) rings is 1. The van der Waals surface area contributed by atoms with E-state index in [9.17, 15) is 22.8 Å². The molecule has 15 heteroatoms. The molecule has 2 heterocycles. The van der Waals surface area contributed by atoms with Gasteiger partial charge < -0.3 is 15.9 Å². The fraction of sp³-hybridized carbons (Fsp3) is 0.417. The number of nitrogens with zero attached hydrogens (tertiary/aromatic N) is 4. The van der Waals surface area contributed by atoms with Gasteiger partial charge in [0.05, 0.1) is 12.2 Å². The van der Waals surface area contributed by atoms with E-state index < -0.39 is 34.1 Å². The third-order valence-corrected chi connectivity index (χ3v) is 5.33. The molecule has 1 aromatic rings. The number of urea groups is 1. The Balaban J connectivity index is 1.74. The van der Waals surface area contributed by atoms with E-state index in [1.165, 1.54) is 25.4 Å². The molecule has 1 aliphatic rings. The lowest BCUT2D eigenvalue weighted by atomic mass is 10.1.